The molecule has 2 aromatic heterocycles. The van der Waals surface area contributed by atoms with E-state index in [1.807, 2.05) is 0 Å². The van der Waals surface area contributed by atoms with Gasteiger partial charge in [0, 0.05) is 45.1 Å². The van der Waals surface area contributed by atoms with Crippen molar-refractivity contribution in [2.45, 2.75) is 0 Å². The average Bonchev–Trinajstić information content (AvgIpc) is 2.41. The molecular weight excluding hydrogens is 325 g/mol. The summed E-state index contributed by atoms with van der Waals surface area (Å²) in [5.41, 5.74) is 0.162. The fraction of sp³-hybridized carbons (Fsp3) is 0. The topological polar surface area (TPSA) is 100 Å². The molecule has 1 radical (unpaired) electrons. The molecule has 0 saturated carbocycles. The summed E-state index contributed by atoms with van der Waals surface area (Å²) in [7, 11) is 0. The summed E-state index contributed by atoms with van der Waals surface area (Å²) in [6.07, 6.45) is 2.90. The summed E-state index contributed by atoms with van der Waals surface area (Å²) in [5.74, 6) is -1.98. The zero-order valence-corrected chi connectivity index (χ0v) is 12.6. The van der Waals surface area contributed by atoms with E-state index >= 15 is 0 Å². The largest absolute Gasteiger partial charge is 0.477 e. The van der Waals surface area contributed by atoms with Crippen LogP contribution in [0.3, 0.4) is 0 Å². The number of pyridine rings is 2. The number of carbonyl (C=O) groups is 2. The van der Waals surface area contributed by atoms with Gasteiger partial charge < -0.3 is 10.2 Å². The average molecular weight is 335 g/mol. The van der Waals surface area contributed by atoms with Crippen molar-refractivity contribution < 1.29 is 52.5 Å². The minimum atomic E-state index is -0.990. The molecule has 0 aliphatic carbocycles. The Balaban J connectivity index is 0.000000324. The Morgan fingerprint density at radius 3 is 1.32 bits per heavy atom. The smallest absolute Gasteiger partial charge is 0.354 e. The van der Waals surface area contributed by atoms with Crippen LogP contribution in [0.5, 0.6) is 0 Å². The third kappa shape index (κ3) is 6.74. The molecule has 0 bridgehead atoms. The molecule has 0 amide bonds. The molecular formula is C12H10N2O4Y. The molecule has 2 rings (SSSR count). The van der Waals surface area contributed by atoms with Gasteiger partial charge in [-0.15, -0.1) is 0 Å². The SMILES string of the molecule is O=C(O)c1ccccn1.O=C(O)c1ccccn1.[Y]. The maximum atomic E-state index is 10.1. The van der Waals surface area contributed by atoms with Gasteiger partial charge in [0.05, 0.1) is 0 Å². The van der Waals surface area contributed by atoms with Gasteiger partial charge in [0.1, 0.15) is 11.4 Å². The van der Waals surface area contributed by atoms with Crippen LogP contribution in [0.4, 0.5) is 0 Å². The van der Waals surface area contributed by atoms with Crippen LogP contribution < -0.4 is 0 Å². The van der Waals surface area contributed by atoms with Crippen molar-refractivity contribution in [3.63, 3.8) is 0 Å². The van der Waals surface area contributed by atoms with Crippen molar-refractivity contribution in [3.8, 4) is 0 Å². The van der Waals surface area contributed by atoms with E-state index in [9.17, 15) is 9.59 Å². The predicted molar refractivity (Wildman–Crippen MR) is 62.4 cm³/mol. The first-order chi connectivity index (χ1) is 8.61. The van der Waals surface area contributed by atoms with Crippen molar-refractivity contribution >= 4 is 11.9 Å². The Labute approximate surface area is 134 Å². The number of carboxylic acid groups (broad SMARTS) is 2. The molecule has 95 valence electrons. The molecule has 7 heteroatoms. The van der Waals surface area contributed by atoms with E-state index in [0.29, 0.717) is 0 Å². The predicted octanol–water partition coefficient (Wildman–Crippen LogP) is 1.56. The van der Waals surface area contributed by atoms with E-state index in [0.717, 1.165) is 0 Å². The summed E-state index contributed by atoms with van der Waals surface area (Å²) in [6, 6.07) is 9.51. The summed E-state index contributed by atoms with van der Waals surface area (Å²) >= 11 is 0. The number of rotatable bonds is 2. The number of hydrogen-bond donors (Lipinski definition) is 2. The van der Waals surface area contributed by atoms with Gasteiger partial charge in [-0.1, -0.05) is 12.1 Å². The van der Waals surface area contributed by atoms with E-state index in [1.165, 1.54) is 24.5 Å². The van der Waals surface area contributed by atoms with Crippen molar-refractivity contribution in [1.82, 2.24) is 9.97 Å². The first-order valence-corrected chi connectivity index (χ1v) is 4.90. The number of carboxylic acids is 2. The normalized spacial score (nSPS) is 8.42. The second-order valence-electron chi connectivity index (χ2n) is 3.04. The van der Waals surface area contributed by atoms with E-state index in [-0.39, 0.29) is 44.1 Å². The Morgan fingerprint density at radius 2 is 1.16 bits per heavy atom. The second-order valence-corrected chi connectivity index (χ2v) is 3.04. The van der Waals surface area contributed by atoms with Crippen molar-refractivity contribution in [1.29, 1.82) is 0 Å². The van der Waals surface area contributed by atoms with Crippen LogP contribution in [0.1, 0.15) is 21.0 Å². The molecule has 19 heavy (non-hydrogen) atoms. The van der Waals surface area contributed by atoms with Crippen LogP contribution in [-0.2, 0) is 32.7 Å². The standard InChI is InChI=1S/2C6H5NO2.Y/c2*8-6(9)5-3-1-2-4-7-5;/h2*1-4H,(H,8,9);. The molecule has 2 aromatic rings. The summed E-state index contributed by atoms with van der Waals surface area (Å²) in [6.45, 7) is 0. The van der Waals surface area contributed by atoms with E-state index < -0.39 is 11.9 Å². The number of nitrogens with zero attached hydrogens (tertiary/aromatic N) is 2. The zero-order valence-electron chi connectivity index (χ0n) is 9.80. The Bertz CT molecular complexity index is 470. The van der Waals surface area contributed by atoms with Crippen LogP contribution in [0.2, 0.25) is 0 Å². The summed E-state index contributed by atoms with van der Waals surface area (Å²) in [4.78, 5) is 27.4. The summed E-state index contributed by atoms with van der Waals surface area (Å²) in [5, 5.41) is 16.6. The fourth-order valence-electron chi connectivity index (χ4n) is 0.979. The van der Waals surface area contributed by atoms with Gasteiger partial charge in [-0.3, -0.25) is 0 Å². The molecule has 0 aliphatic heterocycles. The van der Waals surface area contributed by atoms with Crippen LogP contribution in [0.25, 0.3) is 0 Å². The molecule has 6 nitrogen and oxygen atoms in total. The van der Waals surface area contributed by atoms with Gasteiger partial charge in [-0.05, 0) is 24.3 Å². The molecule has 2 N–H and O–H groups in total. The monoisotopic (exact) mass is 335 g/mol. The Kier molecular flexibility index (Phi) is 8.49. The van der Waals surface area contributed by atoms with Gasteiger partial charge in [-0.2, -0.15) is 0 Å². The molecule has 0 unspecified atom stereocenters. The van der Waals surface area contributed by atoms with Crippen molar-refractivity contribution in [2.75, 3.05) is 0 Å². The molecule has 0 spiro atoms. The second kappa shape index (κ2) is 9.30. The Morgan fingerprint density at radius 1 is 0.789 bits per heavy atom. The fourth-order valence-corrected chi connectivity index (χ4v) is 0.979. The van der Waals surface area contributed by atoms with Crippen LogP contribution >= 0.6 is 0 Å². The summed E-state index contributed by atoms with van der Waals surface area (Å²) < 4.78 is 0. The third-order valence-corrected chi connectivity index (χ3v) is 1.77. The first-order valence-electron chi connectivity index (χ1n) is 4.90. The molecule has 0 fully saturated rings. The van der Waals surface area contributed by atoms with Gasteiger partial charge in [0.25, 0.3) is 0 Å². The van der Waals surface area contributed by atoms with Gasteiger partial charge >= 0.3 is 11.9 Å². The number of aromatic nitrogens is 2. The zero-order chi connectivity index (χ0) is 13.4. The minimum absolute atomic E-state index is 0. The molecule has 0 atom stereocenters. The Hall–Kier alpha value is -1.66. The van der Waals surface area contributed by atoms with Gasteiger partial charge in [-0.25, -0.2) is 19.6 Å². The van der Waals surface area contributed by atoms with Gasteiger partial charge in [0.2, 0.25) is 0 Å². The molecule has 2 heterocycles. The quantitative estimate of drug-likeness (QED) is 0.864. The third-order valence-electron chi connectivity index (χ3n) is 1.77. The van der Waals surface area contributed by atoms with Crippen LogP contribution in [0, 0.1) is 0 Å². The molecule has 0 aromatic carbocycles. The van der Waals surface area contributed by atoms with Crippen molar-refractivity contribution in [2.24, 2.45) is 0 Å². The maximum absolute atomic E-state index is 10.1. The van der Waals surface area contributed by atoms with E-state index in [2.05, 4.69) is 9.97 Å². The maximum Gasteiger partial charge on any atom is 0.354 e. The van der Waals surface area contributed by atoms with E-state index in [1.54, 1.807) is 24.3 Å². The van der Waals surface area contributed by atoms with Gasteiger partial charge in [0.15, 0.2) is 0 Å². The van der Waals surface area contributed by atoms with Crippen LogP contribution in [-0.4, -0.2) is 32.1 Å². The number of hydrogen-bond acceptors (Lipinski definition) is 4. The van der Waals surface area contributed by atoms with E-state index in [4.69, 9.17) is 10.2 Å². The number of aromatic carboxylic acids is 2. The van der Waals surface area contributed by atoms with Crippen LogP contribution in [0.15, 0.2) is 48.8 Å². The van der Waals surface area contributed by atoms with Crippen molar-refractivity contribution in [3.05, 3.63) is 60.2 Å². The molecule has 0 saturated heterocycles. The first kappa shape index (κ1) is 17.3. The minimum Gasteiger partial charge on any atom is -0.477 e. The molecule has 0 aliphatic rings.